The maximum absolute atomic E-state index is 11.2. The van der Waals surface area contributed by atoms with Gasteiger partial charge < -0.3 is 9.47 Å². The van der Waals surface area contributed by atoms with Crippen molar-refractivity contribution in [1.29, 1.82) is 0 Å². The van der Waals surface area contributed by atoms with Gasteiger partial charge in [-0.15, -0.1) is 0 Å². The minimum Gasteiger partial charge on any atom is -0.459 e. The topological polar surface area (TPSA) is 35.5 Å². The maximum atomic E-state index is 11.2. The average molecular weight is 198 g/mol. The molecule has 3 heteroatoms. The highest BCUT2D eigenvalue weighted by Gasteiger charge is 2.41. The predicted molar refractivity (Wildman–Crippen MR) is 53.9 cm³/mol. The Bertz CT molecular complexity index is 239. The highest BCUT2D eigenvalue weighted by molar-refractivity contribution is 5.87. The molecule has 0 bridgehead atoms. The Kier molecular flexibility index (Phi) is 3.32. The Morgan fingerprint density at radius 1 is 1.43 bits per heavy atom. The van der Waals surface area contributed by atoms with Crippen molar-refractivity contribution in [3.8, 4) is 0 Å². The molecule has 1 aliphatic heterocycles. The highest BCUT2D eigenvalue weighted by atomic mass is 16.6. The standard InChI is InChI=1S/C11H18O3/c1-6(2)11(12)14-9(5)10-7(3)13-8(10)4/h7-10H,1H2,2-5H3. The second kappa shape index (κ2) is 4.13. The summed E-state index contributed by atoms with van der Waals surface area (Å²) in [7, 11) is 0. The molecular formula is C11H18O3. The van der Waals surface area contributed by atoms with Gasteiger partial charge in [0, 0.05) is 11.5 Å². The molecule has 0 radical (unpaired) electrons. The highest BCUT2D eigenvalue weighted by Crippen LogP contribution is 2.32. The zero-order valence-corrected chi connectivity index (χ0v) is 9.24. The second-order valence-corrected chi connectivity index (χ2v) is 4.01. The van der Waals surface area contributed by atoms with Crippen molar-refractivity contribution in [2.45, 2.75) is 46.0 Å². The Morgan fingerprint density at radius 2 is 1.93 bits per heavy atom. The number of carbonyl (C=O) groups excluding carboxylic acids is 1. The molecule has 1 saturated heterocycles. The van der Waals surface area contributed by atoms with Gasteiger partial charge in [-0.05, 0) is 27.7 Å². The lowest BCUT2D eigenvalue weighted by Gasteiger charge is -2.44. The van der Waals surface area contributed by atoms with Crippen molar-refractivity contribution in [2.24, 2.45) is 5.92 Å². The summed E-state index contributed by atoms with van der Waals surface area (Å²) in [6.07, 6.45) is 0.258. The molecule has 3 atom stereocenters. The van der Waals surface area contributed by atoms with Crippen LogP contribution in [-0.4, -0.2) is 24.3 Å². The Morgan fingerprint density at radius 3 is 2.29 bits per heavy atom. The van der Waals surface area contributed by atoms with Crippen LogP contribution in [0.2, 0.25) is 0 Å². The lowest BCUT2D eigenvalue weighted by Crippen LogP contribution is -2.51. The van der Waals surface area contributed by atoms with E-state index in [-0.39, 0.29) is 24.3 Å². The van der Waals surface area contributed by atoms with Crippen molar-refractivity contribution in [3.05, 3.63) is 12.2 Å². The third kappa shape index (κ3) is 2.15. The normalized spacial score (nSPS) is 33.0. The largest absolute Gasteiger partial charge is 0.459 e. The molecule has 1 fully saturated rings. The lowest BCUT2D eigenvalue weighted by molar-refractivity contribution is -0.207. The Labute approximate surface area is 85.1 Å². The van der Waals surface area contributed by atoms with Crippen molar-refractivity contribution < 1.29 is 14.3 Å². The van der Waals surface area contributed by atoms with Crippen LogP contribution in [0.3, 0.4) is 0 Å². The number of esters is 1. The number of carbonyl (C=O) groups is 1. The van der Waals surface area contributed by atoms with Crippen molar-refractivity contribution in [2.75, 3.05) is 0 Å². The van der Waals surface area contributed by atoms with Crippen LogP contribution in [0.1, 0.15) is 27.7 Å². The molecule has 14 heavy (non-hydrogen) atoms. The predicted octanol–water partition coefficient (Wildman–Crippen LogP) is 1.92. The molecule has 0 spiro atoms. The second-order valence-electron chi connectivity index (χ2n) is 4.01. The van der Waals surface area contributed by atoms with Gasteiger partial charge in [-0.3, -0.25) is 0 Å². The Hall–Kier alpha value is -0.830. The minimum atomic E-state index is -0.316. The molecule has 0 N–H and O–H groups in total. The fraction of sp³-hybridized carbons (Fsp3) is 0.727. The zero-order chi connectivity index (χ0) is 10.9. The zero-order valence-electron chi connectivity index (χ0n) is 9.24. The van der Waals surface area contributed by atoms with Crippen LogP contribution in [0.5, 0.6) is 0 Å². The van der Waals surface area contributed by atoms with Crippen LogP contribution in [0, 0.1) is 5.92 Å². The first-order valence-electron chi connectivity index (χ1n) is 4.95. The van der Waals surface area contributed by atoms with Crippen LogP contribution in [-0.2, 0) is 14.3 Å². The van der Waals surface area contributed by atoms with Crippen LogP contribution in [0.4, 0.5) is 0 Å². The van der Waals surface area contributed by atoms with Crippen LogP contribution < -0.4 is 0 Å². The summed E-state index contributed by atoms with van der Waals surface area (Å²) in [5.74, 6) is -0.0119. The molecule has 0 amide bonds. The number of ether oxygens (including phenoxy) is 2. The quantitative estimate of drug-likeness (QED) is 0.513. The SMILES string of the molecule is C=C(C)C(=O)OC(C)C1C(C)OC1C. The van der Waals surface area contributed by atoms with E-state index in [9.17, 15) is 4.79 Å². The molecule has 1 rings (SSSR count). The van der Waals surface area contributed by atoms with E-state index in [4.69, 9.17) is 9.47 Å². The van der Waals surface area contributed by atoms with Gasteiger partial charge in [0.2, 0.25) is 0 Å². The van der Waals surface area contributed by atoms with Crippen LogP contribution >= 0.6 is 0 Å². The minimum absolute atomic E-state index is 0.0991. The first kappa shape index (κ1) is 11.2. The summed E-state index contributed by atoms with van der Waals surface area (Å²) in [6.45, 7) is 11.1. The third-order valence-electron chi connectivity index (χ3n) is 2.70. The van der Waals surface area contributed by atoms with Crippen molar-refractivity contribution in [3.63, 3.8) is 0 Å². The van der Waals surface area contributed by atoms with Crippen LogP contribution in [0.25, 0.3) is 0 Å². The van der Waals surface area contributed by atoms with E-state index in [0.717, 1.165) is 0 Å². The van der Waals surface area contributed by atoms with Gasteiger partial charge >= 0.3 is 5.97 Å². The van der Waals surface area contributed by atoms with Crippen molar-refractivity contribution in [1.82, 2.24) is 0 Å². The molecule has 0 aromatic carbocycles. The number of hydrogen-bond donors (Lipinski definition) is 0. The fourth-order valence-electron chi connectivity index (χ4n) is 1.92. The molecule has 0 aromatic rings. The molecule has 0 aromatic heterocycles. The van der Waals surface area contributed by atoms with Crippen molar-refractivity contribution >= 4 is 5.97 Å². The summed E-state index contributed by atoms with van der Waals surface area (Å²) in [4.78, 5) is 11.2. The smallest absolute Gasteiger partial charge is 0.333 e. The fourth-order valence-corrected chi connectivity index (χ4v) is 1.92. The van der Waals surface area contributed by atoms with Gasteiger partial charge in [-0.25, -0.2) is 4.79 Å². The molecule has 0 saturated carbocycles. The molecule has 3 unspecified atom stereocenters. The van der Waals surface area contributed by atoms with E-state index in [2.05, 4.69) is 6.58 Å². The number of rotatable bonds is 3. The Balaban J connectivity index is 2.45. The number of hydrogen-bond acceptors (Lipinski definition) is 3. The van der Waals surface area contributed by atoms with Crippen LogP contribution in [0.15, 0.2) is 12.2 Å². The van der Waals surface area contributed by atoms with Gasteiger partial charge in [0.05, 0.1) is 12.2 Å². The van der Waals surface area contributed by atoms with E-state index >= 15 is 0 Å². The summed E-state index contributed by atoms with van der Waals surface area (Å²) < 4.78 is 10.6. The summed E-state index contributed by atoms with van der Waals surface area (Å²) >= 11 is 0. The van der Waals surface area contributed by atoms with Gasteiger partial charge in [0.15, 0.2) is 0 Å². The molecular weight excluding hydrogens is 180 g/mol. The van der Waals surface area contributed by atoms with E-state index in [1.54, 1.807) is 6.92 Å². The van der Waals surface area contributed by atoms with E-state index in [1.165, 1.54) is 0 Å². The van der Waals surface area contributed by atoms with Gasteiger partial charge in [0.25, 0.3) is 0 Å². The molecule has 1 aliphatic rings. The molecule has 1 heterocycles. The van der Waals surface area contributed by atoms with E-state index < -0.39 is 0 Å². The van der Waals surface area contributed by atoms with Gasteiger partial charge in [-0.2, -0.15) is 0 Å². The van der Waals surface area contributed by atoms with E-state index in [1.807, 2.05) is 20.8 Å². The van der Waals surface area contributed by atoms with Gasteiger partial charge in [-0.1, -0.05) is 6.58 Å². The molecule has 80 valence electrons. The first-order chi connectivity index (χ1) is 6.43. The first-order valence-corrected chi connectivity index (χ1v) is 4.95. The maximum Gasteiger partial charge on any atom is 0.333 e. The third-order valence-corrected chi connectivity index (χ3v) is 2.70. The molecule has 3 nitrogen and oxygen atoms in total. The monoisotopic (exact) mass is 198 g/mol. The summed E-state index contributed by atoms with van der Waals surface area (Å²) in [5.41, 5.74) is 0.442. The van der Waals surface area contributed by atoms with E-state index in [0.29, 0.717) is 11.5 Å². The summed E-state index contributed by atoms with van der Waals surface area (Å²) in [5, 5.41) is 0. The van der Waals surface area contributed by atoms with Gasteiger partial charge in [0.1, 0.15) is 6.10 Å². The average Bonchev–Trinajstić information content (AvgIpc) is 2.02. The lowest BCUT2D eigenvalue weighted by atomic mass is 9.87. The molecule has 0 aliphatic carbocycles. The summed E-state index contributed by atoms with van der Waals surface area (Å²) in [6, 6.07) is 0.